The van der Waals surface area contributed by atoms with E-state index in [9.17, 15) is 0 Å². The van der Waals surface area contributed by atoms with E-state index in [0.29, 0.717) is 17.9 Å². The number of likely N-dealkylation sites (tertiary alicyclic amines) is 1. The standard InChI is InChI=1S/C20H30N4O2/c1-14-11-18(14)19-7-6-17(25-19)12-24-9-4-5-16(8-10-24)23(3)13-20-21-15(2)26-22-20/h6-7,14,16,18H,4-5,8-13H2,1-3H3/t14-,16+,18-/m0/s1. The Labute approximate surface area is 155 Å². The Balaban J connectivity index is 1.28. The van der Waals surface area contributed by atoms with E-state index in [4.69, 9.17) is 8.94 Å². The highest BCUT2D eigenvalue weighted by atomic mass is 16.5. The number of rotatable bonds is 6. The molecule has 0 radical (unpaired) electrons. The Bertz CT molecular complexity index is 725. The smallest absolute Gasteiger partial charge is 0.223 e. The second-order valence-corrected chi connectivity index (χ2v) is 8.13. The van der Waals surface area contributed by atoms with E-state index in [0.717, 1.165) is 43.7 Å². The van der Waals surface area contributed by atoms with Crippen LogP contribution < -0.4 is 0 Å². The van der Waals surface area contributed by atoms with E-state index < -0.39 is 0 Å². The van der Waals surface area contributed by atoms with Gasteiger partial charge >= 0.3 is 0 Å². The highest BCUT2D eigenvalue weighted by Gasteiger charge is 2.36. The predicted molar refractivity (Wildman–Crippen MR) is 98.6 cm³/mol. The van der Waals surface area contributed by atoms with Gasteiger partial charge in [-0.15, -0.1) is 0 Å². The SMILES string of the molecule is Cc1nc(CN(C)[C@@H]2CCCN(Cc3ccc([C@H]4C[C@@H]4C)o3)CC2)no1. The molecule has 1 saturated heterocycles. The van der Waals surface area contributed by atoms with Gasteiger partial charge in [-0.1, -0.05) is 12.1 Å². The van der Waals surface area contributed by atoms with Gasteiger partial charge in [0.2, 0.25) is 5.89 Å². The molecule has 0 aromatic carbocycles. The number of hydrogen-bond donors (Lipinski definition) is 0. The second kappa shape index (κ2) is 7.53. The maximum Gasteiger partial charge on any atom is 0.223 e. The third kappa shape index (κ3) is 4.18. The lowest BCUT2D eigenvalue weighted by Gasteiger charge is -2.26. The highest BCUT2D eigenvalue weighted by Crippen LogP contribution is 2.47. The van der Waals surface area contributed by atoms with Gasteiger partial charge in [0.05, 0.1) is 13.1 Å². The van der Waals surface area contributed by atoms with Crippen LogP contribution in [0.2, 0.25) is 0 Å². The Morgan fingerprint density at radius 1 is 1.27 bits per heavy atom. The van der Waals surface area contributed by atoms with Crippen molar-refractivity contribution in [2.24, 2.45) is 5.92 Å². The van der Waals surface area contributed by atoms with Crippen LogP contribution in [0.25, 0.3) is 0 Å². The number of aryl methyl sites for hydroxylation is 1. The Hall–Kier alpha value is -1.66. The van der Waals surface area contributed by atoms with E-state index in [2.05, 4.69) is 46.0 Å². The average molecular weight is 358 g/mol. The minimum absolute atomic E-state index is 0.568. The predicted octanol–water partition coefficient (Wildman–Crippen LogP) is 3.58. The van der Waals surface area contributed by atoms with E-state index in [1.165, 1.54) is 31.4 Å². The molecule has 6 heteroatoms. The molecular weight excluding hydrogens is 328 g/mol. The largest absolute Gasteiger partial charge is 0.464 e. The minimum Gasteiger partial charge on any atom is -0.464 e. The Kier molecular flexibility index (Phi) is 5.14. The van der Waals surface area contributed by atoms with Crippen LogP contribution in [-0.4, -0.2) is 46.1 Å². The van der Waals surface area contributed by atoms with Gasteiger partial charge in [0.1, 0.15) is 11.5 Å². The molecular formula is C20H30N4O2. The van der Waals surface area contributed by atoms with Gasteiger partial charge in [-0.2, -0.15) is 4.98 Å². The van der Waals surface area contributed by atoms with Gasteiger partial charge in [-0.3, -0.25) is 9.80 Å². The van der Waals surface area contributed by atoms with Crippen molar-refractivity contribution < 1.29 is 8.94 Å². The number of aromatic nitrogens is 2. The van der Waals surface area contributed by atoms with Gasteiger partial charge in [0.15, 0.2) is 5.82 Å². The van der Waals surface area contributed by atoms with Gasteiger partial charge in [-0.05, 0) is 57.3 Å². The zero-order valence-electron chi connectivity index (χ0n) is 16.1. The molecule has 0 N–H and O–H groups in total. The molecule has 0 spiro atoms. The van der Waals surface area contributed by atoms with Crippen LogP contribution in [0, 0.1) is 12.8 Å². The molecule has 2 aromatic rings. The van der Waals surface area contributed by atoms with Gasteiger partial charge < -0.3 is 8.94 Å². The van der Waals surface area contributed by atoms with Crippen molar-refractivity contribution in [2.45, 2.75) is 64.6 Å². The van der Waals surface area contributed by atoms with Crippen molar-refractivity contribution in [1.29, 1.82) is 0 Å². The Morgan fingerprint density at radius 2 is 2.12 bits per heavy atom. The van der Waals surface area contributed by atoms with Crippen LogP contribution in [0.3, 0.4) is 0 Å². The first-order valence-electron chi connectivity index (χ1n) is 9.89. The van der Waals surface area contributed by atoms with Crippen LogP contribution in [0.15, 0.2) is 21.1 Å². The fourth-order valence-corrected chi connectivity index (χ4v) is 4.11. The topological polar surface area (TPSA) is 58.5 Å². The average Bonchev–Trinajstić information content (AvgIpc) is 3.04. The molecule has 2 aliphatic rings. The van der Waals surface area contributed by atoms with Crippen molar-refractivity contribution in [3.05, 3.63) is 35.4 Å². The summed E-state index contributed by atoms with van der Waals surface area (Å²) in [5.41, 5.74) is 0. The summed E-state index contributed by atoms with van der Waals surface area (Å²) in [5.74, 6) is 5.19. The molecule has 2 aromatic heterocycles. The third-order valence-corrected chi connectivity index (χ3v) is 5.91. The Morgan fingerprint density at radius 3 is 2.85 bits per heavy atom. The summed E-state index contributed by atoms with van der Waals surface area (Å²) in [6.07, 6.45) is 4.88. The van der Waals surface area contributed by atoms with Crippen molar-refractivity contribution in [1.82, 2.24) is 19.9 Å². The number of hydrogen-bond acceptors (Lipinski definition) is 6. The quantitative estimate of drug-likeness (QED) is 0.787. The fraction of sp³-hybridized carbons (Fsp3) is 0.700. The zero-order chi connectivity index (χ0) is 18.1. The lowest BCUT2D eigenvalue weighted by atomic mass is 10.1. The summed E-state index contributed by atoms with van der Waals surface area (Å²) in [6.45, 7) is 8.07. The first-order valence-corrected chi connectivity index (χ1v) is 9.89. The zero-order valence-corrected chi connectivity index (χ0v) is 16.1. The second-order valence-electron chi connectivity index (χ2n) is 8.13. The van der Waals surface area contributed by atoms with Crippen LogP contribution in [0.1, 0.15) is 61.8 Å². The van der Waals surface area contributed by atoms with E-state index in [1.807, 2.05) is 6.92 Å². The maximum absolute atomic E-state index is 6.10. The van der Waals surface area contributed by atoms with Crippen molar-refractivity contribution >= 4 is 0 Å². The highest BCUT2D eigenvalue weighted by molar-refractivity contribution is 5.17. The fourth-order valence-electron chi connectivity index (χ4n) is 4.11. The molecule has 3 heterocycles. The molecule has 0 amide bonds. The minimum atomic E-state index is 0.568. The molecule has 6 nitrogen and oxygen atoms in total. The van der Waals surface area contributed by atoms with Crippen LogP contribution in [0.4, 0.5) is 0 Å². The summed E-state index contributed by atoms with van der Waals surface area (Å²) in [7, 11) is 2.17. The summed E-state index contributed by atoms with van der Waals surface area (Å²) < 4.78 is 11.2. The summed E-state index contributed by atoms with van der Waals surface area (Å²) >= 11 is 0. The number of furan rings is 1. The first-order chi connectivity index (χ1) is 12.6. The van der Waals surface area contributed by atoms with Gasteiger partial charge in [0.25, 0.3) is 0 Å². The first kappa shape index (κ1) is 17.7. The molecule has 1 aliphatic carbocycles. The summed E-state index contributed by atoms with van der Waals surface area (Å²) in [6, 6.07) is 4.93. The molecule has 1 saturated carbocycles. The van der Waals surface area contributed by atoms with E-state index >= 15 is 0 Å². The molecule has 142 valence electrons. The lowest BCUT2D eigenvalue weighted by molar-refractivity contribution is 0.197. The molecule has 4 rings (SSSR count). The maximum atomic E-state index is 6.10. The molecule has 2 fully saturated rings. The molecule has 26 heavy (non-hydrogen) atoms. The molecule has 3 atom stereocenters. The van der Waals surface area contributed by atoms with Crippen molar-refractivity contribution in [3.8, 4) is 0 Å². The molecule has 0 bridgehead atoms. The van der Waals surface area contributed by atoms with Crippen LogP contribution in [0.5, 0.6) is 0 Å². The summed E-state index contributed by atoms with van der Waals surface area (Å²) in [4.78, 5) is 9.23. The van der Waals surface area contributed by atoms with Crippen molar-refractivity contribution in [2.75, 3.05) is 20.1 Å². The van der Waals surface area contributed by atoms with E-state index in [1.54, 1.807) is 0 Å². The normalized spacial score (nSPS) is 27.0. The third-order valence-electron chi connectivity index (χ3n) is 5.91. The molecule has 1 aliphatic heterocycles. The lowest BCUT2D eigenvalue weighted by Crippen LogP contribution is -2.33. The van der Waals surface area contributed by atoms with Crippen LogP contribution in [-0.2, 0) is 13.1 Å². The summed E-state index contributed by atoms with van der Waals surface area (Å²) in [5, 5.41) is 4.02. The van der Waals surface area contributed by atoms with E-state index in [-0.39, 0.29) is 0 Å². The van der Waals surface area contributed by atoms with Crippen molar-refractivity contribution in [3.63, 3.8) is 0 Å². The number of nitrogens with zero attached hydrogens (tertiary/aromatic N) is 4. The monoisotopic (exact) mass is 358 g/mol. The van der Waals surface area contributed by atoms with Crippen LogP contribution >= 0.6 is 0 Å². The van der Waals surface area contributed by atoms with Gasteiger partial charge in [-0.25, -0.2) is 0 Å². The van der Waals surface area contributed by atoms with Gasteiger partial charge in [0, 0.05) is 25.4 Å². The molecule has 0 unspecified atom stereocenters.